The summed E-state index contributed by atoms with van der Waals surface area (Å²) in [6, 6.07) is 6.23. The Morgan fingerprint density at radius 1 is 1.11 bits per heavy atom. The van der Waals surface area contributed by atoms with Gasteiger partial charge in [0.15, 0.2) is 0 Å². The molecule has 1 aromatic heterocycles. The third kappa shape index (κ3) is 3.96. The Balaban J connectivity index is 1.65. The van der Waals surface area contributed by atoms with Crippen molar-refractivity contribution in [1.29, 1.82) is 0 Å². The van der Waals surface area contributed by atoms with Crippen molar-refractivity contribution in [1.82, 2.24) is 19.4 Å². The Bertz CT molecular complexity index is 900. The molecule has 2 heterocycles. The Kier molecular flexibility index (Phi) is 5.47. The maximum absolute atomic E-state index is 12.8. The van der Waals surface area contributed by atoms with Crippen LogP contribution in [-0.4, -0.2) is 67.0 Å². The molecule has 0 radical (unpaired) electrons. The molecule has 0 N–H and O–H groups in total. The summed E-state index contributed by atoms with van der Waals surface area (Å²) in [5, 5.41) is 7.65. The number of nitrogens with zero attached hydrogens (tertiary/aromatic N) is 4. The van der Waals surface area contributed by atoms with Crippen LogP contribution in [0.4, 0.5) is 0 Å². The van der Waals surface area contributed by atoms with Crippen LogP contribution in [-0.2, 0) is 10.0 Å². The smallest absolute Gasteiger partial charge is 0.311 e. The summed E-state index contributed by atoms with van der Waals surface area (Å²) >= 11 is 0. The number of methoxy groups -OCH3 is 1. The average molecular weight is 394 g/mol. The van der Waals surface area contributed by atoms with Crippen LogP contribution in [0.3, 0.4) is 0 Å². The van der Waals surface area contributed by atoms with Crippen LogP contribution >= 0.6 is 0 Å². The Morgan fingerprint density at radius 2 is 1.74 bits per heavy atom. The Morgan fingerprint density at radius 3 is 2.26 bits per heavy atom. The van der Waals surface area contributed by atoms with Crippen molar-refractivity contribution in [3.8, 4) is 5.75 Å². The third-order valence-electron chi connectivity index (χ3n) is 4.34. The molecule has 0 unspecified atom stereocenters. The highest BCUT2D eigenvalue weighted by atomic mass is 32.2. The lowest BCUT2D eigenvalue weighted by Crippen LogP contribution is -2.50. The van der Waals surface area contributed by atoms with Crippen molar-refractivity contribution in [3.05, 3.63) is 36.0 Å². The van der Waals surface area contributed by atoms with E-state index in [-0.39, 0.29) is 48.8 Å². The monoisotopic (exact) mass is 394 g/mol. The van der Waals surface area contributed by atoms with Gasteiger partial charge in [-0.1, -0.05) is 13.8 Å². The van der Waals surface area contributed by atoms with E-state index < -0.39 is 10.0 Å². The van der Waals surface area contributed by atoms with E-state index in [9.17, 15) is 13.2 Å². The molecule has 10 heteroatoms. The quantitative estimate of drug-likeness (QED) is 0.753. The molecule has 0 saturated carbocycles. The normalized spacial score (nSPS) is 15.9. The van der Waals surface area contributed by atoms with E-state index in [0.717, 1.165) is 0 Å². The number of carbonyl (C=O) groups is 1. The first-order valence-corrected chi connectivity index (χ1v) is 10.0. The van der Waals surface area contributed by atoms with Gasteiger partial charge in [-0.25, -0.2) is 8.42 Å². The van der Waals surface area contributed by atoms with Crippen LogP contribution in [0.2, 0.25) is 0 Å². The molecule has 1 fully saturated rings. The van der Waals surface area contributed by atoms with Gasteiger partial charge in [0.25, 0.3) is 0 Å². The first-order valence-electron chi connectivity index (χ1n) is 8.60. The maximum atomic E-state index is 12.8. The zero-order valence-electron chi connectivity index (χ0n) is 15.5. The van der Waals surface area contributed by atoms with E-state index in [4.69, 9.17) is 9.15 Å². The summed E-state index contributed by atoms with van der Waals surface area (Å²) in [7, 11) is -2.10. The fourth-order valence-corrected chi connectivity index (χ4v) is 4.14. The molecule has 1 aliphatic heterocycles. The molecule has 1 aliphatic rings. The second-order valence-electron chi connectivity index (χ2n) is 6.47. The number of aromatic nitrogens is 2. The molecule has 27 heavy (non-hydrogen) atoms. The zero-order valence-corrected chi connectivity index (χ0v) is 16.3. The zero-order chi connectivity index (χ0) is 19.6. The van der Waals surface area contributed by atoms with Crippen molar-refractivity contribution in [2.45, 2.75) is 24.7 Å². The minimum Gasteiger partial charge on any atom is -0.497 e. The molecule has 0 aliphatic carbocycles. The highest BCUT2D eigenvalue weighted by molar-refractivity contribution is 7.89. The van der Waals surface area contributed by atoms with Crippen LogP contribution in [0, 0.1) is 0 Å². The number of amides is 1. The van der Waals surface area contributed by atoms with Gasteiger partial charge in [0.1, 0.15) is 5.75 Å². The van der Waals surface area contributed by atoms with Gasteiger partial charge in [-0.3, -0.25) is 4.79 Å². The Hall–Kier alpha value is -2.46. The van der Waals surface area contributed by atoms with Gasteiger partial charge in [-0.05, 0) is 24.3 Å². The molecule has 2 aromatic rings. The van der Waals surface area contributed by atoms with Crippen LogP contribution in [0.5, 0.6) is 5.75 Å². The topological polar surface area (TPSA) is 106 Å². The van der Waals surface area contributed by atoms with E-state index >= 15 is 0 Å². The first-order chi connectivity index (χ1) is 12.8. The van der Waals surface area contributed by atoms with Gasteiger partial charge in [-0.15, -0.1) is 10.2 Å². The largest absolute Gasteiger partial charge is 0.497 e. The van der Waals surface area contributed by atoms with Crippen LogP contribution in [0.15, 0.2) is 33.6 Å². The molecule has 0 bridgehead atoms. The molecule has 1 aromatic carbocycles. The number of piperazine rings is 1. The number of ether oxygens (including phenoxy) is 1. The van der Waals surface area contributed by atoms with Gasteiger partial charge in [0.2, 0.25) is 15.9 Å². The van der Waals surface area contributed by atoms with Gasteiger partial charge in [0.05, 0.1) is 12.0 Å². The summed E-state index contributed by atoms with van der Waals surface area (Å²) in [4.78, 5) is 14.2. The molecule has 1 amide bonds. The second kappa shape index (κ2) is 7.65. The maximum Gasteiger partial charge on any atom is 0.311 e. The molecule has 3 rings (SSSR count). The minimum atomic E-state index is -3.62. The third-order valence-corrected chi connectivity index (χ3v) is 6.25. The molecule has 1 saturated heterocycles. The van der Waals surface area contributed by atoms with Crippen LogP contribution in [0.1, 0.15) is 36.3 Å². The number of hydrogen-bond acceptors (Lipinski definition) is 7. The van der Waals surface area contributed by atoms with Crippen molar-refractivity contribution < 1.29 is 22.4 Å². The predicted molar refractivity (Wildman–Crippen MR) is 96.0 cm³/mol. The van der Waals surface area contributed by atoms with E-state index in [0.29, 0.717) is 11.6 Å². The fraction of sp³-hybridized carbons (Fsp3) is 0.471. The van der Waals surface area contributed by atoms with E-state index in [1.165, 1.54) is 28.4 Å². The highest BCUT2D eigenvalue weighted by Crippen LogP contribution is 2.21. The summed E-state index contributed by atoms with van der Waals surface area (Å²) < 4.78 is 37.3. The van der Waals surface area contributed by atoms with Gasteiger partial charge < -0.3 is 14.1 Å². The van der Waals surface area contributed by atoms with E-state index in [1.807, 2.05) is 13.8 Å². The molecular formula is C17H22N4O5S. The lowest BCUT2D eigenvalue weighted by Gasteiger charge is -2.33. The lowest BCUT2D eigenvalue weighted by atomic mass is 10.2. The van der Waals surface area contributed by atoms with Gasteiger partial charge >= 0.3 is 11.8 Å². The summed E-state index contributed by atoms with van der Waals surface area (Å²) in [6.07, 6.45) is 0. The molecular weight excluding hydrogens is 372 g/mol. The summed E-state index contributed by atoms with van der Waals surface area (Å²) in [5.74, 6) is 0.579. The molecule has 0 atom stereocenters. The number of sulfonamides is 1. The Labute approximate surface area is 158 Å². The molecule has 9 nitrogen and oxygen atoms in total. The second-order valence-corrected chi connectivity index (χ2v) is 8.41. The van der Waals surface area contributed by atoms with E-state index in [1.54, 1.807) is 12.1 Å². The molecule has 146 valence electrons. The highest BCUT2D eigenvalue weighted by Gasteiger charge is 2.32. The van der Waals surface area contributed by atoms with E-state index in [2.05, 4.69) is 10.2 Å². The van der Waals surface area contributed by atoms with Crippen LogP contribution in [0.25, 0.3) is 0 Å². The average Bonchev–Trinajstić information content (AvgIpc) is 3.18. The van der Waals surface area contributed by atoms with Gasteiger partial charge in [-0.2, -0.15) is 4.31 Å². The van der Waals surface area contributed by atoms with Crippen molar-refractivity contribution in [3.63, 3.8) is 0 Å². The fourth-order valence-electron chi connectivity index (χ4n) is 2.72. The standard InChI is InChI=1S/C17H22N4O5S/c1-12(2)15-18-19-16(26-15)17(22)20-8-10-21(11-9-20)27(23,24)14-6-4-13(25-3)5-7-14/h4-7,12H,8-11H2,1-3H3. The summed E-state index contributed by atoms with van der Waals surface area (Å²) in [6.45, 7) is 4.70. The number of benzene rings is 1. The van der Waals surface area contributed by atoms with Crippen molar-refractivity contribution in [2.75, 3.05) is 33.3 Å². The van der Waals surface area contributed by atoms with Crippen LogP contribution < -0.4 is 4.74 Å². The summed E-state index contributed by atoms with van der Waals surface area (Å²) in [5.41, 5.74) is 0. The van der Waals surface area contributed by atoms with Gasteiger partial charge in [0, 0.05) is 32.1 Å². The molecule has 0 spiro atoms. The number of hydrogen-bond donors (Lipinski definition) is 0. The number of rotatable bonds is 5. The van der Waals surface area contributed by atoms with Crippen molar-refractivity contribution in [2.24, 2.45) is 0 Å². The number of carbonyl (C=O) groups excluding carboxylic acids is 1. The lowest BCUT2D eigenvalue weighted by molar-refractivity contribution is 0.0655. The SMILES string of the molecule is COc1ccc(S(=O)(=O)N2CCN(C(=O)c3nnc(C(C)C)o3)CC2)cc1. The van der Waals surface area contributed by atoms with Crippen molar-refractivity contribution >= 4 is 15.9 Å². The first kappa shape index (κ1) is 19.3. The minimum absolute atomic E-state index is 0.0329. The predicted octanol–water partition coefficient (Wildman–Crippen LogP) is 1.35.